The van der Waals surface area contributed by atoms with Gasteiger partial charge in [-0.2, -0.15) is 5.10 Å². The summed E-state index contributed by atoms with van der Waals surface area (Å²) in [6.45, 7) is 1.60. The first-order chi connectivity index (χ1) is 14.9. The Kier molecular flexibility index (Phi) is 6.78. The number of nitrogen functional groups attached to an aromatic ring is 1. The lowest BCUT2D eigenvalue weighted by Gasteiger charge is -2.11. The molecule has 0 aliphatic heterocycles. The van der Waals surface area contributed by atoms with Crippen LogP contribution >= 0.6 is 11.6 Å². The van der Waals surface area contributed by atoms with Crippen molar-refractivity contribution in [2.45, 2.75) is 6.92 Å². The summed E-state index contributed by atoms with van der Waals surface area (Å²) in [5, 5.41) is 6.11. The van der Waals surface area contributed by atoms with E-state index in [4.69, 9.17) is 27.9 Å². The van der Waals surface area contributed by atoms with Gasteiger partial charge in [0.25, 0.3) is 5.91 Å². The molecule has 0 fully saturated rings. The number of carbonyl (C=O) groups excluding carboxylic acids is 1. The number of benzene rings is 2. The van der Waals surface area contributed by atoms with E-state index in [9.17, 15) is 9.18 Å². The molecule has 3 aromatic rings. The third-order valence-electron chi connectivity index (χ3n) is 4.03. The van der Waals surface area contributed by atoms with Crippen molar-refractivity contribution in [1.82, 2.24) is 4.98 Å². The van der Waals surface area contributed by atoms with Gasteiger partial charge in [-0.1, -0.05) is 29.8 Å². The fourth-order valence-electron chi connectivity index (χ4n) is 2.56. The molecule has 1 aromatic heterocycles. The fourth-order valence-corrected chi connectivity index (χ4v) is 2.71. The number of carbonyl (C=O) groups is 1. The van der Waals surface area contributed by atoms with Crippen LogP contribution in [0, 0.1) is 5.82 Å². The molecule has 0 aliphatic carbocycles. The summed E-state index contributed by atoms with van der Waals surface area (Å²) in [5.74, 6) is 4.10. The number of nitrogens with zero attached hydrogens (tertiary/aromatic N) is 3. The number of aliphatic imine (C=N–C) groups is 1. The summed E-state index contributed by atoms with van der Waals surface area (Å²) in [4.78, 5) is 20.7. The smallest absolute Gasteiger partial charge is 0.277 e. The molecule has 0 bridgehead atoms. The number of pyridine rings is 1. The zero-order valence-corrected chi connectivity index (χ0v) is 17.1. The lowest BCUT2D eigenvalue weighted by atomic mass is 10.2. The highest BCUT2D eigenvalue weighted by molar-refractivity contribution is 6.68. The van der Waals surface area contributed by atoms with Crippen molar-refractivity contribution in [2.75, 3.05) is 11.1 Å². The molecule has 31 heavy (non-hydrogen) atoms. The minimum Gasteiger partial charge on any atom is -0.453 e. The molecule has 0 aliphatic rings. The second-order valence-corrected chi connectivity index (χ2v) is 6.60. The summed E-state index contributed by atoms with van der Waals surface area (Å²) in [6.07, 6.45) is 1.38. The van der Waals surface area contributed by atoms with Crippen LogP contribution in [0.15, 0.2) is 70.9 Å². The van der Waals surface area contributed by atoms with E-state index < -0.39 is 11.7 Å². The Balaban J connectivity index is 1.75. The van der Waals surface area contributed by atoms with Crippen molar-refractivity contribution in [1.29, 1.82) is 0 Å². The number of hydrogen-bond donors (Lipinski definition) is 3. The number of hydrogen-bond acceptors (Lipinski definition) is 7. The molecule has 1 amide bonds. The Hall–Kier alpha value is -3.98. The van der Waals surface area contributed by atoms with Crippen molar-refractivity contribution in [2.24, 2.45) is 15.9 Å². The number of para-hydroxylation sites is 1. The van der Waals surface area contributed by atoms with E-state index in [1.165, 1.54) is 24.4 Å². The Morgan fingerprint density at radius 2 is 1.90 bits per heavy atom. The number of nitrogens with one attached hydrogen (secondary N) is 1. The highest BCUT2D eigenvalue weighted by atomic mass is 35.5. The Morgan fingerprint density at radius 3 is 2.58 bits per heavy atom. The predicted molar refractivity (Wildman–Crippen MR) is 120 cm³/mol. The number of anilines is 2. The molecule has 0 atom stereocenters. The molecular weight excluding hydrogens is 423 g/mol. The van der Waals surface area contributed by atoms with Gasteiger partial charge in [-0.15, -0.1) is 0 Å². The first kappa shape index (κ1) is 21.7. The normalized spacial score (nSPS) is 11.8. The van der Waals surface area contributed by atoms with E-state index in [-0.39, 0.29) is 33.7 Å². The molecule has 0 saturated heterocycles. The summed E-state index contributed by atoms with van der Waals surface area (Å²) in [7, 11) is 0. The summed E-state index contributed by atoms with van der Waals surface area (Å²) < 4.78 is 20.0. The number of rotatable bonds is 6. The van der Waals surface area contributed by atoms with Gasteiger partial charge in [0, 0.05) is 24.0 Å². The fraction of sp³-hybridized carbons (Fsp3) is 0.0476. The van der Waals surface area contributed by atoms with Crippen LogP contribution in [0.4, 0.5) is 21.6 Å². The number of halogens is 2. The lowest BCUT2D eigenvalue weighted by molar-refractivity contribution is -0.110. The molecule has 3 rings (SSSR count). The molecule has 8 nitrogen and oxygen atoms in total. The molecule has 0 unspecified atom stereocenters. The average molecular weight is 441 g/mol. The molecule has 5 N–H and O–H groups in total. The minimum absolute atomic E-state index is 0.0598. The lowest BCUT2D eigenvalue weighted by Crippen LogP contribution is -2.29. The van der Waals surface area contributed by atoms with Gasteiger partial charge >= 0.3 is 0 Å². The predicted octanol–water partition coefficient (Wildman–Crippen LogP) is 4.29. The van der Waals surface area contributed by atoms with Crippen LogP contribution in [0.25, 0.3) is 0 Å². The standard InChI is InChI=1S/C21H18ClFN6O2/c1-12(27-13-5-3-2-4-6-13)19(29-25)21(30)28-14-7-8-16(15(23)11-14)31-17-9-10-26-20(24)18(17)22/h2-11H,25H2,1H3,(H2,24,26)(H,28,30). The van der Waals surface area contributed by atoms with E-state index in [1.54, 1.807) is 19.1 Å². The molecule has 0 spiro atoms. The number of amides is 1. The third-order valence-corrected chi connectivity index (χ3v) is 4.41. The van der Waals surface area contributed by atoms with Gasteiger partial charge < -0.3 is 21.6 Å². The van der Waals surface area contributed by atoms with Crippen molar-refractivity contribution < 1.29 is 13.9 Å². The Morgan fingerprint density at radius 1 is 1.16 bits per heavy atom. The maximum absolute atomic E-state index is 14.5. The highest BCUT2D eigenvalue weighted by Crippen LogP contribution is 2.33. The molecule has 0 radical (unpaired) electrons. The van der Waals surface area contributed by atoms with Crippen LogP contribution in [0.5, 0.6) is 11.5 Å². The second-order valence-electron chi connectivity index (χ2n) is 6.22. The van der Waals surface area contributed by atoms with Gasteiger partial charge in [0.1, 0.15) is 10.8 Å². The maximum Gasteiger partial charge on any atom is 0.277 e. The van der Waals surface area contributed by atoms with E-state index in [2.05, 4.69) is 20.4 Å². The summed E-state index contributed by atoms with van der Waals surface area (Å²) in [5.41, 5.74) is 6.63. The van der Waals surface area contributed by atoms with Gasteiger partial charge in [-0.05, 0) is 31.2 Å². The first-order valence-electron chi connectivity index (χ1n) is 8.96. The number of hydrazone groups is 1. The molecule has 0 saturated carbocycles. The summed E-state index contributed by atoms with van der Waals surface area (Å²) in [6, 6.07) is 14.3. The first-order valence-corrected chi connectivity index (χ1v) is 9.34. The number of aromatic nitrogens is 1. The van der Waals surface area contributed by atoms with E-state index in [0.29, 0.717) is 11.4 Å². The van der Waals surface area contributed by atoms with E-state index in [1.807, 2.05) is 18.2 Å². The van der Waals surface area contributed by atoms with Crippen molar-refractivity contribution in [3.8, 4) is 11.5 Å². The number of ether oxygens (including phenoxy) is 1. The molecular formula is C21H18ClFN6O2. The molecule has 2 aromatic carbocycles. The zero-order valence-electron chi connectivity index (χ0n) is 16.3. The van der Waals surface area contributed by atoms with Gasteiger partial charge in [-0.25, -0.2) is 9.37 Å². The largest absolute Gasteiger partial charge is 0.453 e. The minimum atomic E-state index is -0.731. The van der Waals surface area contributed by atoms with Crippen LogP contribution in [-0.2, 0) is 4.79 Å². The summed E-state index contributed by atoms with van der Waals surface area (Å²) >= 11 is 6.01. The molecule has 10 heteroatoms. The SMILES string of the molecule is CC(=Nc1ccccc1)C(=NN)C(=O)Nc1ccc(Oc2ccnc(N)c2Cl)c(F)c1. The zero-order chi connectivity index (χ0) is 22.4. The van der Waals surface area contributed by atoms with Crippen LogP contribution in [0.2, 0.25) is 5.02 Å². The van der Waals surface area contributed by atoms with Gasteiger partial charge in [0.2, 0.25) is 0 Å². The molecule has 158 valence electrons. The van der Waals surface area contributed by atoms with E-state index >= 15 is 0 Å². The molecule has 1 heterocycles. The Labute approximate surface area is 182 Å². The maximum atomic E-state index is 14.5. The van der Waals surface area contributed by atoms with E-state index in [0.717, 1.165) is 6.07 Å². The van der Waals surface area contributed by atoms with Gasteiger partial charge in [0.15, 0.2) is 23.0 Å². The topological polar surface area (TPSA) is 128 Å². The van der Waals surface area contributed by atoms with Crippen molar-refractivity contribution in [3.05, 3.63) is 71.6 Å². The Bertz CT molecular complexity index is 1170. The van der Waals surface area contributed by atoms with Gasteiger partial charge in [-0.3, -0.25) is 9.79 Å². The van der Waals surface area contributed by atoms with Crippen LogP contribution in [0.3, 0.4) is 0 Å². The monoisotopic (exact) mass is 440 g/mol. The van der Waals surface area contributed by atoms with Crippen LogP contribution < -0.4 is 21.6 Å². The number of nitrogens with two attached hydrogens (primary N) is 2. The van der Waals surface area contributed by atoms with Crippen molar-refractivity contribution in [3.63, 3.8) is 0 Å². The van der Waals surface area contributed by atoms with Crippen molar-refractivity contribution >= 4 is 46.1 Å². The second kappa shape index (κ2) is 9.68. The average Bonchev–Trinajstić information content (AvgIpc) is 2.74. The highest BCUT2D eigenvalue weighted by Gasteiger charge is 2.17. The van der Waals surface area contributed by atoms with Crippen LogP contribution in [-0.4, -0.2) is 22.3 Å². The van der Waals surface area contributed by atoms with Gasteiger partial charge in [0.05, 0.1) is 11.4 Å². The third kappa shape index (κ3) is 5.34. The quantitative estimate of drug-likeness (QED) is 0.299. The van der Waals surface area contributed by atoms with Crippen LogP contribution in [0.1, 0.15) is 6.92 Å².